The van der Waals surface area contributed by atoms with Gasteiger partial charge in [-0.1, -0.05) is 84.4 Å². The number of cyclic esters (lactones) is 1. The van der Waals surface area contributed by atoms with E-state index in [1.807, 2.05) is 84.9 Å². The molecule has 1 N–H and O–H groups in total. The first kappa shape index (κ1) is 18.5. The van der Waals surface area contributed by atoms with Crippen LogP contribution in [0.1, 0.15) is 22.8 Å². The van der Waals surface area contributed by atoms with Crippen molar-refractivity contribution in [2.24, 2.45) is 0 Å². The van der Waals surface area contributed by atoms with Gasteiger partial charge >= 0.3 is 6.09 Å². The molecule has 2 atom stereocenters. The monoisotopic (exact) mass is 393 g/mol. The molecule has 4 nitrogen and oxygen atoms in total. The molecule has 1 amide bonds. The second kappa shape index (κ2) is 7.66. The van der Waals surface area contributed by atoms with E-state index in [1.54, 1.807) is 0 Å². The number of halogens is 1. The fraction of sp³-hybridized carbons (Fsp3) is 0.174. The molecule has 1 aliphatic rings. The third kappa shape index (κ3) is 3.37. The molecule has 0 aromatic heterocycles. The van der Waals surface area contributed by atoms with Crippen LogP contribution in [0.2, 0.25) is 5.02 Å². The van der Waals surface area contributed by atoms with Crippen LogP contribution >= 0.6 is 11.6 Å². The highest BCUT2D eigenvalue weighted by molar-refractivity contribution is 6.30. The van der Waals surface area contributed by atoms with Gasteiger partial charge in [-0.15, -0.1) is 0 Å². The molecule has 1 fully saturated rings. The molecule has 4 rings (SSSR count). The first-order valence-electron chi connectivity index (χ1n) is 9.14. The minimum absolute atomic E-state index is 0.315. The van der Waals surface area contributed by atoms with Gasteiger partial charge in [-0.3, -0.25) is 4.90 Å². The van der Waals surface area contributed by atoms with Crippen LogP contribution in [0.4, 0.5) is 4.79 Å². The molecule has 3 aromatic rings. The van der Waals surface area contributed by atoms with Crippen molar-refractivity contribution in [3.05, 3.63) is 107 Å². The van der Waals surface area contributed by atoms with Gasteiger partial charge in [0.1, 0.15) is 0 Å². The number of rotatable bonds is 5. The Morgan fingerprint density at radius 2 is 1.54 bits per heavy atom. The first-order chi connectivity index (χ1) is 13.6. The summed E-state index contributed by atoms with van der Waals surface area (Å²) in [5, 5.41) is 12.4. The van der Waals surface area contributed by atoms with E-state index in [4.69, 9.17) is 16.3 Å². The average Bonchev–Trinajstić information content (AvgIpc) is 3.00. The van der Waals surface area contributed by atoms with E-state index >= 15 is 0 Å². The summed E-state index contributed by atoms with van der Waals surface area (Å²) >= 11 is 5.95. The van der Waals surface area contributed by atoms with Gasteiger partial charge in [-0.25, -0.2) is 4.79 Å². The van der Waals surface area contributed by atoms with Gasteiger partial charge in [0.2, 0.25) is 5.72 Å². The maximum atomic E-state index is 12.7. The van der Waals surface area contributed by atoms with Crippen LogP contribution < -0.4 is 0 Å². The predicted molar refractivity (Wildman–Crippen MR) is 108 cm³/mol. The topological polar surface area (TPSA) is 49.8 Å². The predicted octanol–water partition coefficient (Wildman–Crippen LogP) is 4.92. The summed E-state index contributed by atoms with van der Waals surface area (Å²) in [7, 11) is 0. The SMILES string of the molecule is O=C1O[C@H](c2ccccc2)[C@@](O)(c2ccccc2)N1CCc1ccc(Cl)cc1. The quantitative estimate of drug-likeness (QED) is 0.669. The second-order valence-electron chi connectivity index (χ2n) is 6.79. The highest BCUT2D eigenvalue weighted by Gasteiger charge is 2.55. The van der Waals surface area contributed by atoms with Crippen LogP contribution in [-0.4, -0.2) is 22.6 Å². The van der Waals surface area contributed by atoms with Crippen LogP contribution in [0, 0.1) is 0 Å². The number of ether oxygens (including phenoxy) is 1. The summed E-state index contributed by atoms with van der Waals surface area (Å²) in [6.45, 7) is 0.315. The molecule has 0 spiro atoms. The third-order valence-corrected chi connectivity index (χ3v) is 5.31. The van der Waals surface area contributed by atoms with Gasteiger partial charge in [0.15, 0.2) is 6.10 Å². The van der Waals surface area contributed by atoms with Crippen molar-refractivity contribution in [3.8, 4) is 0 Å². The zero-order chi connectivity index (χ0) is 19.6. The van der Waals surface area contributed by atoms with Crippen molar-refractivity contribution in [2.45, 2.75) is 18.2 Å². The summed E-state index contributed by atoms with van der Waals surface area (Å²) in [4.78, 5) is 14.2. The first-order valence-corrected chi connectivity index (χ1v) is 9.52. The molecule has 5 heteroatoms. The van der Waals surface area contributed by atoms with E-state index in [1.165, 1.54) is 4.90 Å². The Morgan fingerprint density at radius 1 is 0.929 bits per heavy atom. The van der Waals surface area contributed by atoms with Crippen molar-refractivity contribution in [1.82, 2.24) is 4.90 Å². The lowest BCUT2D eigenvalue weighted by molar-refractivity contribution is -0.109. The Bertz CT molecular complexity index is 947. The molecule has 1 aliphatic heterocycles. The van der Waals surface area contributed by atoms with Crippen LogP contribution in [-0.2, 0) is 16.9 Å². The molecule has 28 heavy (non-hydrogen) atoms. The normalized spacial score (nSPS) is 21.6. The smallest absolute Gasteiger partial charge is 0.413 e. The molecule has 3 aromatic carbocycles. The van der Waals surface area contributed by atoms with Crippen molar-refractivity contribution >= 4 is 17.7 Å². The van der Waals surface area contributed by atoms with Gasteiger partial charge in [-0.05, 0) is 29.7 Å². The van der Waals surface area contributed by atoms with E-state index in [2.05, 4.69) is 0 Å². The van der Waals surface area contributed by atoms with Gasteiger partial charge in [0.25, 0.3) is 0 Å². The maximum absolute atomic E-state index is 12.7. The Kier molecular flexibility index (Phi) is 5.07. The lowest BCUT2D eigenvalue weighted by Gasteiger charge is -2.34. The fourth-order valence-electron chi connectivity index (χ4n) is 3.60. The number of amides is 1. The van der Waals surface area contributed by atoms with E-state index in [0.717, 1.165) is 11.1 Å². The van der Waals surface area contributed by atoms with Crippen molar-refractivity contribution < 1.29 is 14.6 Å². The zero-order valence-electron chi connectivity index (χ0n) is 15.2. The van der Waals surface area contributed by atoms with Crippen LogP contribution in [0.15, 0.2) is 84.9 Å². The molecule has 0 aliphatic carbocycles. The minimum Gasteiger partial charge on any atom is -0.436 e. The molecule has 0 bridgehead atoms. The Morgan fingerprint density at radius 3 is 2.18 bits per heavy atom. The van der Waals surface area contributed by atoms with Crippen LogP contribution in [0.5, 0.6) is 0 Å². The summed E-state index contributed by atoms with van der Waals surface area (Å²) < 4.78 is 5.65. The van der Waals surface area contributed by atoms with E-state index in [9.17, 15) is 9.90 Å². The lowest BCUT2D eigenvalue weighted by atomic mass is 9.91. The van der Waals surface area contributed by atoms with E-state index in [-0.39, 0.29) is 0 Å². The number of carbonyl (C=O) groups excluding carboxylic acids is 1. The molecular formula is C23H20ClNO3. The van der Waals surface area contributed by atoms with Gasteiger partial charge < -0.3 is 9.84 Å². The Hall–Kier alpha value is -2.82. The maximum Gasteiger partial charge on any atom is 0.413 e. The van der Waals surface area contributed by atoms with Crippen molar-refractivity contribution in [2.75, 3.05) is 6.54 Å². The number of hydrogen-bond donors (Lipinski definition) is 1. The molecule has 142 valence electrons. The van der Waals surface area contributed by atoms with Crippen LogP contribution in [0.3, 0.4) is 0 Å². The second-order valence-corrected chi connectivity index (χ2v) is 7.23. The zero-order valence-corrected chi connectivity index (χ0v) is 15.9. The average molecular weight is 394 g/mol. The summed E-state index contributed by atoms with van der Waals surface area (Å²) in [6.07, 6.45) is -0.772. The number of benzene rings is 3. The number of nitrogens with zero attached hydrogens (tertiary/aromatic N) is 1. The highest BCUT2D eigenvalue weighted by Crippen LogP contribution is 2.46. The molecule has 0 saturated carbocycles. The largest absolute Gasteiger partial charge is 0.436 e. The van der Waals surface area contributed by atoms with Crippen LogP contribution in [0.25, 0.3) is 0 Å². The number of aliphatic hydroxyl groups is 1. The van der Waals surface area contributed by atoms with Crippen molar-refractivity contribution in [3.63, 3.8) is 0 Å². The van der Waals surface area contributed by atoms with E-state index in [0.29, 0.717) is 23.6 Å². The molecule has 0 unspecified atom stereocenters. The molecule has 0 radical (unpaired) electrons. The Balaban J connectivity index is 1.69. The molecule has 1 heterocycles. The summed E-state index contributed by atoms with van der Waals surface area (Å²) in [5.74, 6) is 0. The van der Waals surface area contributed by atoms with E-state index < -0.39 is 17.9 Å². The highest BCUT2D eigenvalue weighted by atomic mass is 35.5. The number of carbonyl (C=O) groups is 1. The lowest BCUT2D eigenvalue weighted by Crippen LogP contribution is -2.46. The Labute approximate surface area is 168 Å². The summed E-state index contributed by atoms with van der Waals surface area (Å²) in [5.41, 5.74) is 0.796. The third-order valence-electron chi connectivity index (χ3n) is 5.05. The fourth-order valence-corrected chi connectivity index (χ4v) is 3.73. The van der Waals surface area contributed by atoms with Gasteiger partial charge in [0, 0.05) is 17.1 Å². The number of hydrogen-bond acceptors (Lipinski definition) is 3. The molecular weight excluding hydrogens is 374 g/mol. The summed E-state index contributed by atoms with van der Waals surface area (Å²) in [6, 6.07) is 26.0. The van der Waals surface area contributed by atoms with Gasteiger partial charge in [0.05, 0.1) is 0 Å². The van der Waals surface area contributed by atoms with Crippen molar-refractivity contribution in [1.29, 1.82) is 0 Å². The minimum atomic E-state index is -1.59. The molecule has 1 saturated heterocycles. The van der Waals surface area contributed by atoms with Gasteiger partial charge in [-0.2, -0.15) is 0 Å². The standard InChI is InChI=1S/C23H20ClNO3/c24-20-13-11-17(12-14-20)15-16-25-22(26)28-21(18-7-3-1-4-8-18)23(25,27)19-9-5-2-6-10-19/h1-14,21,27H,15-16H2/t21-,23+/m1/s1.